The summed E-state index contributed by atoms with van der Waals surface area (Å²) < 4.78 is 25.0. The molecule has 3 nitrogen and oxygen atoms in total. The van der Waals surface area contributed by atoms with E-state index in [-0.39, 0.29) is 34.0 Å². The van der Waals surface area contributed by atoms with Crippen molar-refractivity contribution in [1.29, 1.82) is 0 Å². The van der Waals surface area contributed by atoms with Gasteiger partial charge in [0.05, 0.1) is 0 Å². The summed E-state index contributed by atoms with van der Waals surface area (Å²) >= 11 is -5.34. The van der Waals surface area contributed by atoms with E-state index in [1.807, 2.05) is 0 Å². The molecular weight excluding hydrogens is 512 g/mol. The molecular formula is C23H38Cl2NO2SiZr. The predicted molar refractivity (Wildman–Crippen MR) is 136 cm³/mol. The van der Waals surface area contributed by atoms with Gasteiger partial charge in [-0.15, -0.1) is 24.8 Å². The van der Waals surface area contributed by atoms with Gasteiger partial charge < -0.3 is 0 Å². The van der Waals surface area contributed by atoms with Crippen LogP contribution in [0.5, 0.6) is 0 Å². The van der Waals surface area contributed by atoms with Crippen molar-refractivity contribution in [3.63, 3.8) is 0 Å². The van der Waals surface area contributed by atoms with Crippen molar-refractivity contribution >= 4 is 37.3 Å². The normalized spacial score (nSPS) is 16.4. The van der Waals surface area contributed by atoms with Crippen LogP contribution in [0.15, 0.2) is 48.5 Å². The third-order valence-electron chi connectivity index (χ3n) is 5.75. The van der Waals surface area contributed by atoms with E-state index in [0.29, 0.717) is 0 Å². The number of benzene rings is 2. The molecule has 0 unspecified atom stereocenters. The summed E-state index contributed by atoms with van der Waals surface area (Å²) in [6.07, 6.45) is 0. The summed E-state index contributed by atoms with van der Waals surface area (Å²) in [5.74, 6) is 0. The van der Waals surface area contributed by atoms with Crippen molar-refractivity contribution in [2.45, 2.75) is 54.2 Å². The van der Waals surface area contributed by atoms with E-state index < -0.39 is 26.3 Å². The Morgan fingerprint density at radius 1 is 0.900 bits per heavy atom. The average molecular weight is 551 g/mol. The molecule has 7 heteroatoms. The van der Waals surface area contributed by atoms with Crippen molar-refractivity contribution in [3.8, 4) is 11.1 Å². The molecule has 0 aliphatic heterocycles. The van der Waals surface area contributed by atoms with E-state index in [4.69, 9.17) is 9.53 Å². The van der Waals surface area contributed by atoms with E-state index in [9.17, 15) is 0 Å². The molecule has 2 aromatic rings. The van der Waals surface area contributed by atoms with Crippen LogP contribution in [0.4, 0.5) is 0 Å². The number of halogens is 2. The third kappa shape index (κ3) is 4.78. The molecule has 2 aromatic carbocycles. The minimum atomic E-state index is -5.34. The Hall–Kier alpha value is -0.130. The fraction of sp³-hybridized carbons (Fsp3) is 0.435. The van der Waals surface area contributed by atoms with Crippen LogP contribution in [-0.4, -0.2) is 25.2 Å². The Labute approximate surface area is 194 Å². The van der Waals surface area contributed by atoms with Gasteiger partial charge in [0.25, 0.3) is 0 Å². The number of hydrogen-bond acceptors (Lipinski definition) is 3. The van der Waals surface area contributed by atoms with Gasteiger partial charge in [-0.05, 0) is 0 Å². The minimum absolute atomic E-state index is 0. The van der Waals surface area contributed by atoms with Crippen molar-refractivity contribution in [1.82, 2.24) is 3.26 Å². The Bertz CT molecular complexity index is 959. The first kappa shape index (κ1) is 27.9. The van der Waals surface area contributed by atoms with Crippen LogP contribution in [-0.2, 0) is 23.3 Å². The SMILES string of the molecule is Cl.Cl.[CH2]=[Zr]([CH3])([NH]C(C)(C)C)([O]C)([O][Si](C)(C)C)[CH]1c2ccccc2-c2ccccc21. The van der Waals surface area contributed by atoms with E-state index in [1.165, 1.54) is 22.3 Å². The molecule has 0 spiro atoms. The van der Waals surface area contributed by atoms with Gasteiger partial charge in [0.15, 0.2) is 0 Å². The zero-order chi connectivity index (χ0) is 21.1. The van der Waals surface area contributed by atoms with Crippen LogP contribution in [0.1, 0.15) is 35.5 Å². The van der Waals surface area contributed by atoms with Crippen LogP contribution < -0.4 is 3.26 Å². The number of rotatable bonds is 5. The van der Waals surface area contributed by atoms with Crippen LogP contribution in [0.25, 0.3) is 11.1 Å². The van der Waals surface area contributed by atoms with Crippen LogP contribution in [0, 0.1) is 0 Å². The topological polar surface area (TPSA) is 30.5 Å². The van der Waals surface area contributed by atoms with Gasteiger partial charge in [0, 0.05) is 0 Å². The first-order valence-corrected chi connectivity index (χ1v) is 22.4. The molecule has 3 rings (SSSR count). The molecule has 1 aliphatic carbocycles. The van der Waals surface area contributed by atoms with Crippen LogP contribution >= 0.6 is 24.8 Å². The van der Waals surface area contributed by atoms with Gasteiger partial charge in [-0.2, -0.15) is 0 Å². The maximum atomic E-state index is 7.22. The first-order chi connectivity index (χ1) is 12.6. The average Bonchev–Trinajstić information content (AvgIpc) is 2.87. The maximum absolute atomic E-state index is 7.22. The van der Waals surface area contributed by atoms with E-state index in [1.54, 1.807) is 7.11 Å². The monoisotopic (exact) mass is 548 g/mol. The summed E-state index contributed by atoms with van der Waals surface area (Å²) in [6.45, 7) is 13.2. The molecule has 1 aliphatic rings. The molecule has 0 bridgehead atoms. The van der Waals surface area contributed by atoms with Crippen LogP contribution in [0.3, 0.4) is 0 Å². The second kappa shape index (κ2) is 8.02. The van der Waals surface area contributed by atoms with E-state index in [2.05, 4.69) is 96.8 Å². The molecule has 169 valence electrons. The summed E-state index contributed by atoms with van der Waals surface area (Å²) in [7, 11) is -0.230. The Morgan fingerprint density at radius 3 is 1.63 bits per heavy atom. The fourth-order valence-corrected chi connectivity index (χ4v) is 36.9. The molecule has 1 N–H and O–H groups in total. The molecule has 0 radical (unpaired) electrons. The van der Waals surface area contributed by atoms with Crippen molar-refractivity contribution < 1.29 is 23.3 Å². The van der Waals surface area contributed by atoms with Crippen molar-refractivity contribution in [2.24, 2.45) is 0 Å². The molecule has 30 heavy (non-hydrogen) atoms. The Kier molecular flexibility index (Phi) is 7.46. The van der Waals surface area contributed by atoms with E-state index >= 15 is 0 Å². The van der Waals surface area contributed by atoms with Gasteiger partial charge in [0.1, 0.15) is 0 Å². The fourth-order valence-electron chi connectivity index (χ4n) is 5.60. The molecule has 0 saturated carbocycles. The van der Waals surface area contributed by atoms with Crippen molar-refractivity contribution in [3.05, 3.63) is 59.7 Å². The molecule has 0 heterocycles. The zero-order valence-electron chi connectivity index (χ0n) is 19.5. The summed E-state index contributed by atoms with van der Waals surface area (Å²) in [6, 6.07) is 17.3. The van der Waals surface area contributed by atoms with Gasteiger partial charge in [-0.25, -0.2) is 0 Å². The zero-order valence-corrected chi connectivity index (χ0v) is 24.6. The Balaban J connectivity index is 0.00000225. The molecule has 0 saturated heterocycles. The predicted octanol–water partition coefficient (Wildman–Crippen LogP) is 6.94. The summed E-state index contributed by atoms with van der Waals surface area (Å²) in [5, 5.41) is 0. The van der Waals surface area contributed by atoms with Crippen molar-refractivity contribution in [2.75, 3.05) is 7.11 Å². The molecule has 0 aromatic heterocycles. The second-order valence-electron chi connectivity index (χ2n) is 11.0. The van der Waals surface area contributed by atoms with Gasteiger partial charge in [0.2, 0.25) is 0 Å². The number of nitrogens with one attached hydrogen (secondary N) is 1. The molecule has 0 atom stereocenters. The molecule has 0 amide bonds. The first-order valence-electron chi connectivity index (χ1n) is 10.1. The molecule has 0 fully saturated rings. The van der Waals surface area contributed by atoms with Gasteiger partial charge >= 0.3 is 171 Å². The van der Waals surface area contributed by atoms with E-state index in [0.717, 1.165) is 0 Å². The second-order valence-corrected chi connectivity index (χ2v) is 33.0. The van der Waals surface area contributed by atoms with Crippen LogP contribution in [0.2, 0.25) is 24.3 Å². The summed E-state index contributed by atoms with van der Waals surface area (Å²) in [4.78, 5) is 0. The third-order valence-corrected chi connectivity index (χ3v) is 29.1. The standard InChI is InChI=1S/C13H9.C4H10N.C3H9OSi.CH3O.CH3.CH2.2ClH.Zr/c1-3-7-12-10(5-1)9-11-6-2-4-8-13(11)12;1-4(2,3)5;1-5(2,3)4;1-2;;;;;/h1-9H;5H,1-3H3;1-3H3;1H3;1H3;1H2;2*1H;/q;3*-1;;;;;+3. The number of fused-ring (bicyclic) bond motifs is 3. The quantitative estimate of drug-likeness (QED) is 0.409. The Morgan fingerprint density at radius 2 is 1.30 bits per heavy atom. The number of hydrogen-bond donors (Lipinski definition) is 1. The van der Waals surface area contributed by atoms with Gasteiger partial charge in [-0.3, -0.25) is 0 Å². The summed E-state index contributed by atoms with van der Waals surface area (Å²) in [5.41, 5.74) is 4.83. The van der Waals surface area contributed by atoms with Gasteiger partial charge in [-0.1, -0.05) is 0 Å².